The third-order valence-electron chi connectivity index (χ3n) is 4.81. The molecule has 0 atom stereocenters. The molecule has 0 bridgehead atoms. The van der Waals surface area contributed by atoms with E-state index in [9.17, 15) is 19.7 Å². The van der Waals surface area contributed by atoms with Gasteiger partial charge in [-0.25, -0.2) is 0 Å². The van der Waals surface area contributed by atoms with Crippen molar-refractivity contribution in [3.8, 4) is 0 Å². The highest BCUT2D eigenvalue weighted by Gasteiger charge is 2.34. The van der Waals surface area contributed by atoms with Gasteiger partial charge in [0.2, 0.25) is 0 Å². The third kappa shape index (κ3) is 2.64. The first-order valence-corrected chi connectivity index (χ1v) is 8.58. The summed E-state index contributed by atoms with van der Waals surface area (Å²) in [5, 5.41) is 16.8. The van der Waals surface area contributed by atoms with Crippen molar-refractivity contribution in [2.24, 2.45) is 5.10 Å². The molecule has 1 aliphatic heterocycles. The van der Waals surface area contributed by atoms with Crippen LogP contribution in [0.4, 0.5) is 5.69 Å². The Morgan fingerprint density at radius 3 is 2.43 bits per heavy atom. The summed E-state index contributed by atoms with van der Waals surface area (Å²) >= 11 is 0. The molecule has 1 heterocycles. The molecule has 28 heavy (non-hydrogen) atoms. The summed E-state index contributed by atoms with van der Waals surface area (Å²) < 4.78 is 0. The van der Waals surface area contributed by atoms with E-state index < -0.39 is 16.7 Å². The number of nitrogens with zero attached hydrogens (tertiary/aromatic N) is 3. The van der Waals surface area contributed by atoms with Crippen molar-refractivity contribution in [1.29, 1.82) is 0 Å². The molecule has 0 unspecified atom stereocenters. The maximum Gasteiger partial charge on any atom is 0.282 e. The molecule has 0 radical (unpaired) electrons. The fourth-order valence-electron chi connectivity index (χ4n) is 3.35. The Labute approximate surface area is 160 Å². The molecule has 138 valence electrons. The van der Waals surface area contributed by atoms with Crippen molar-refractivity contribution in [3.05, 3.63) is 86.5 Å². The maximum atomic E-state index is 12.9. The number of hydrazone groups is 1. The molecule has 7 heteroatoms. The van der Waals surface area contributed by atoms with Crippen LogP contribution in [-0.4, -0.2) is 28.0 Å². The van der Waals surface area contributed by atoms with Crippen LogP contribution in [0.5, 0.6) is 0 Å². The number of imide groups is 1. The van der Waals surface area contributed by atoms with E-state index in [1.165, 1.54) is 24.4 Å². The van der Waals surface area contributed by atoms with Crippen molar-refractivity contribution in [1.82, 2.24) is 5.01 Å². The van der Waals surface area contributed by atoms with E-state index >= 15 is 0 Å². The summed E-state index contributed by atoms with van der Waals surface area (Å²) in [5.74, 6) is -1.21. The molecule has 2 amide bonds. The van der Waals surface area contributed by atoms with Crippen LogP contribution in [0.1, 0.15) is 37.4 Å². The highest BCUT2D eigenvalue weighted by Crippen LogP contribution is 2.35. The van der Waals surface area contributed by atoms with Gasteiger partial charge < -0.3 is 0 Å². The van der Waals surface area contributed by atoms with Gasteiger partial charge in [-0.3, -0.25) is 19.7 Å². The van der Waals surface area contributed by atoms with Crippen LogP contribution in [0.25, 0.3) is 10.8 Å². The Morgan fingerprint density at radius 2 is 1.71 bits per heavy atom. The van der Waals surface area contributed by atoms with E-state index in [4.69, 9.17) is 0 Å². The van der Waals surface area contributed by atoms with Crippen LogP contribution in [0.15, 0.2) is 53.6 Å². The van der Waals surface area contributed by atoms with Crippen LogP contribution >= 0.6 is 0 Å². The molecule has 3 aromatic carbocycles. The van der Waals surface area contributed by atoms with Crippen molar-refractivity contribution >= 4 is 34.5 Å². The second-order valence-electron chi connectivity index (χ2n) is 6.64. The number of rotatable bonds is 3. The molecule has 0 spiro atoms. The number of carbonyl (C=O) groups is 2. The topological polar surface area (TPSA) is 92.9 Å². The fraction of sp³-hybridized carbons (Fsp3) is 0.0952. The lowest BCUT2D eigenvalue weighted by Gasteiger charge is -2.23. The van der Waals surface area contributed by atoms with Crippen LogP contribution < -0.4 is 0 Å². The molecular weight excluding hydrogens is 358 g/mol. The average Bonchev–Trinajstić information content (AvgIpc) is 2.67. The number of benzene rings is 3. The number of nitro benzene ring substituents is 1. The maximum absolute atomic E-state index is 12.9. The molecule has 7 nitrogen and oxygen atoms in total. The number of aryl methyl sites for hydroxylation is 2. The molecule has 0 saturated carbocycles. The number of amides is 2. The molecular formula is C21H15N3O4. The van der Waals surface area contributed by atoms with Crippen molar-refractivity contribution in [2.75, 3.05) is 0 Å². The van der Waals surface area contributed by atoms with Gasteiger partial charge in [0.05, 0.1) is 27.7 Å². The third-order valence-corrected chi connectivity index (χ3v) is 4.81. The van der Waals surface area contributed by atoms with Gasteiger partial charge in [0.15, 0.2) is 0 Å². The summed E-state index contributed by atoms with van der Waals surface area (Å²) in [7, 11) is 0. The van der Waals surface area contributed by atoms with E-state index in [1.54, 1.807) is 12.1 Å². The molecule has 0 fully saturated rings. The Hall–Kier alpha value is -3.87. The quantitative estimate of drug-likeness (QED) is 0.300. The first-order valence-electron chi connectivity index (χ1n) is 8.58. The average molecular weight is 373 g/mol. The zero-order valence-electron chi connectivity index (χ0n) is 15.2. The van der Waals surface area contributed by atoms with Crippen LogP contribution in [-0.2, 0) is 0 Å². The predicted molar refractivity (Wildman–Crippen MR) is 105 cm³/mol. The summed E-state index contributed by atoms with van der Waals surface area (Å²) in [6, 6.07) is 13.1. The van der Waals surface area contributed by atoms with Crippen molar-refractivity contribution in [2.45, 2.75) is 13.8 Å². The largest absolute Gasteiger partial charge is 0.282 e. The summed E-state index contributed by atoms with van der Waals surface area (Å²) in [5.41, 5.74) is 3.08. The Morgan fingerprint density at radius 1 is 1.00 bits per heavy atom. The monoisotopic (exact) mass is 373 g/mol. The minimum Gasteiger partial charge on any atom is -0.267 e. The highest BCUT2D eigenvalue weighted by molar-refractivity contribution is 6.26. The fourth-order valence-corrected chi connectivity index (χ4v) is 3.35. The Kier molecular flexibility index (Phi) is 4.00. The normalized spacial score (nSPS) is 13.6. The van der Waals surface area contributed by atoms with Crippen molar-refractivity contribution in [3.63, 3.8) is 0 Å². The van der Waals surface area contributed by atoms with Gasteiger partial charge in [-0.15, -0.1) is 0 Å². The van der Waals surface area contributed by atoms with Crippen LogP contribution in [0.3, 0.4) is 0 Å². The first-order chi connectivity index (χ1) is 13.4. The SMILES string of the molecule is Cc1ccc(C)c(/C=N\N2C(=O)c3cccc4c([N+](=O)[O-])ccc(c34)C2=O)c1. The van der Waals surface area contributed by atoms with E-state index in [0.29, 0.717) is 5.39 Å². The van der Waals surface area contributed by atoms with E-state index in [2.05, 4.69) is 5.10 Å². The van der Waals surface area contributed by atoms with Crippen LogP contribution in [0, 0.1) is 24.0 Å². The minimum atomic E-state index is -0.606. The highest BCUT2D eigenvalue weighted by atomic mass is 16.6. The number of hydrogen-bond acceptors (Lipinski definition) is 5. The lowest BCUT2D eigenvalue weighted by Crippen LogP contribution is -2.36. The van der Waals surface area contributed by atoms with Gasteiger partial charge in [0, 0.05) is 11.5 Å². The van der Waals surface area contributed by atoms with Gasteiger partial charge >= 0.3 is 0 Å². The number of non-ortho nitro benzene ring substituents is 1. The molecule has 1 aliphatic rings. The molecule has 0 aliphatic carbocycles. The lowest BCUT2D eigenvalue weighted by molar-refractivity contribution is -0.383. The standard InChI is InChI=1S/C21H15N3O4/c1-12-6-7-13(2)14(10-12)11-22-23-20(25)16-5-3-4-15-18(24(27)28)9-8-17(19(15)16)21(23)26/h3-11H,1-2H3/b22-11-. The lowest BCUT2D eigenvalue weighted by atomic mass is 9.94. The van der Waals surface area contributed by atoms with Gasteiger partial charge in [0.1, 0.15) is 0 Å². The molecule has 0 aromatic heterocycles. The first kappa shape index (κ1) is 17.5. The van der Waals surface area contributed by atoms with Crippen LogP contribution in [0.2, 0.25) is 0 Å². The Bertz CT molecular complexity index is 1190. The number of carbonyl (C=O) groups excluding carboxylic acids is 2. The molecule has 3 aromatic rings. The van der Waals surface area contributed by atoms with E-state index in [-0.39, 0.29) is 22.2 Å². The summed E-state index contributed by atoms with van der Waals surface area (Å²) in [6.45, 7) is 3.85. The van der Waals surface area contributed by atoms with Crippen molar-refractivity contribution < 1.29 is 14.5 Å². The van der Waals surface area contributed by atoms with Gasteiger partial charge in [0.25, 0.3) is 17.5 Å². The summed E-state index contributed by atoms with van der Waals surface area (Å²) in [6.07, 6.45) is 1.48. The van der Waals surface area contributed by atoms with Gasteiger partial charge in [-0.2, -0.15) is 10.1 Å². The Balaban J connectivity index is 1.84. The van der Waals surface area contributed by atoms with E-state index in [1.807, 2.05) is 32.0 Å². The molecule has 0 N–H and O–H groups in total. The molecule has 4 rings (SSSR count). The van der Waals surface area contributed by atoms with Gasteiger partial charge in [-0.1, -0.05) is 29.8 Å². The second kappa shape index (κ2) is 6.38. The zero-order chi connectivity index (χ0) is 20.0. The second-order valence-corrected chi connectivity index (χ2v) is 6.64. The zero-order valence-corrected chi connectivity index (χ0v) is 15.2. The van der Waals surface area contributed by atoms with Gasteiger partial charge in [-0.05, 0) is 43.2 Å². The predicted octanol–water partition coefficient (Wildman–Crippen LogP) is 3.99. The smallest absolute Gasteiger partial charge is 0.267 e. The number of nitro groups is 1. The number of hydrogen-bond donors (Lipinski definition) is 0. The van der Waals surface area contributed by atoms with E-state index in [0.717, 1.165) is 21.7 Å². The summed E-state index contributed by atoms with van der Waals surface area (Å²) in [4.78, 5) is 36.5. The molecule has 0 saturated heterocycles. The minimum absolute atomic E-state index is 0.145.